The van der Waals surface area contributed by atoms with Crippen molar-refractivity contribution >= 4 is 11.6 Å². The number of allylic oxidation sites excluding steroid dienone is 9. The Morgan fingerprint density at radius 1 is 1.10 bits per heavy atom. The van der Waals surface area contributed by atoms with Crippen molar-refractivity contribution in [2.24, 2.45) is 5.41 Å². The van der Waals surface area contributed by atoms with Crippen LogP contribution in [0.2, 0.25) is 0 Å². The second-order valence-electron chi connectivity index (χ2n) is 9.31. The van der Waals surface area contributed by atoms with Crippen molar-refractivity contribution in [2.45, 2.75) is 86.7 Å². The average Bonchev–Trinajstić information content (AvgIpc) is 2.63. The third-order valence-corrected chi connectivity index (χ3v) is 5.76. The highest BCUT2D eigenvalue weighted by Gasteiger charge is 2.50. The van der Waals surface area contributed by atoms with Crippen molar-refractivity contribution < 1.29 is 19.4 Å². The number of ether oxygens (including phenoxy) is 1. The Bertz CT molecular complexity index is 871. The number of aliphatic hydroxyl groups excluding tert-OH is 1. The number of carbonyl (C=O) groups excluding carboxylic acids is 2. The molecule has 2 aliphatic rings. The van der Waals surface area contributed by atoms with Gasteiger partial charge in [0, 0.05) is 12.0 Å². The van der Waals surface area contributed by atoms with Gasteiger partial charge in [-0.1, -0.05) is 34.9 Å². The van der Waals surface area contributed by atoms with Gasteiger partial charge in [0.2, 0.25) is 0 Å². The van der Waals surface area contributed by atoms with Crippen molar-refractivity contribution in [1.29, 1.82) is 0 Å². The summed E-state index contributed by atoms with van der Waals surface area (Å²) >= 11 is 0. The molecular formula is C26H36O4. The molecule has 1 aliphatic carbocycles. The molecule has 0 amide bonds. The predicted molar refractivity (Wildman–Crippen MR) is 121 cm³/mol. The van der Waals surface area contributed by atoms with E-state index in [2.05, 4.69) is 32.9 Å². The van der Waals surface area contributed by atoms with Crippen molar-refractivity contribution in [3.05, 3.63) is 57.6 Å². The molecule has 2 rings (SSSR count). The van der Waals surface area contributed by atoms with Crippen molar-refractivity contribution in [1.82, 2.24) is 0 Å². The van der Waals surface area contributed by atoms with Crippen LogP contribution in [0.4, 0.5) is 0 Å². The van der Waals surface area contributed by atoms with Gasteiger partial charge in [-0.05, 0) is 74.1 Å². The lowest BCUT2D eigenvalue weighted by molar-refractivity contribution is -0.128. The maximum absolute atomic E-state index is 13.5. The second-order valence-corrected chi connectivity index (χ2v) is 9.31. The molecule has 4 nitrogen and oxygen atoms in total. The standard InChI is InChI=1S/C26H36O4/c1-16(2)9-8-10-18(5)13-14-26(7)24(29)20(12-11-17(3)4)23(28)22-21(27)15-19(6)30-25(22)26/h9,11,13,19,28H,8,10,12,14-15H2,1-7H3/b18-13+/t19-,26-/m1/s1. The van der Waals surface area contributed by atoms with Crippen LogP contribution in [0.1, 0.15) is 80.6 Å². The zero-order valence-electron chi connectivity index (χ0n) is 19.5. The third kappa shape index (κ3) is 5.21. The van der Waals surface area contributed by atoms with Gasteiger partial charge < -0.3 is 9.84 Å². The Kier molecular flexibility index (Phi) is 7.68. The molecule has 0 unspecified atom stereocenters. The smallest absolute Gasteiger partial charge is 0.176 e. The molecule has 164 valence electrons. The molecule has 0 spiro atoms. The first-order valence-electron chi connectivity index (χ1n) is 10.8. The maximum Gasteiger partial charge on any atom is 0.176 e. The van der Waals surface area contributed by atoms with Gasteiger partial charge in [0.25, 0.3) is 0 Å². The van der Waals surface area contributed by atoms with Crippen LogP contribution in [0, 0.1) is 5.41 Å². The average molecular weight is 413 g/mol. The minimum absolute atomic E-state index is 0.154. The number of Topliss-reactive ketones (excluding diaryl/α,β-unsaturated/α-hetero) is 2. The number of hydrogen-bond donors (Lipinski definition) is 1. The van der Waals surface area contributed by atoms with Gasteiger partial charge in [0.1, 0.15) is 17.6 Å². The molecule has 0 fully saturated rings. The minimum Gasteiger partial charge on any atom is -0.507 e. The topological polar surface area (TPSA) is 63.6 Å². The molecule has 4 heteroatoms. The summed E-state index contributed by atoms with van der Waals surface area (Å²) in [6, 6.07) is 0. The SMILES string of the molecule is CC(C)=CCC/C(C)=C/C[C@]1(C)C(=O)C(CC=C(C)C)=C(O)C2=C1O[C@H](C)CC2=O. The number of hydrogen-bond acceptors (Lipinski definition) is 4. The van der Waals surface area contributed by atoms with E-state index in [1.807, 2.05) is 33.8 Å². The van der Waals surface area contributed by atoms with E-state index in [1.54, 1.807) is 0 Å². The number of carbonyl (C=O) groups is 2. The summed E-state index contributed by atoms with van der Waals surface area (Å²) in [5.74, 6) is -0.181. The van der Waals surface area contributed by atoms with E-state index in [0.717, 1.165) is 18.4 Å². The lowest BCUT2D eigenvalue weighted by Crippen LogP contribution is -2.42. The summed E-state index contributed by atoms with van der Waals surface area (Å²) in [5, 5.41) is 10.8. The summed E-state index contributed by atoms with van der Waals surface area (Å²) < 4.78 is 6.03. The van der Waals surface area contributed by atoms with Gasteiger partial charge >= 0.3 is 0 Å². The lowest BCUT2D eigenvalue weighted by Gasteiger charge is -2.39. The van der Waals surface area contributed by atoms with Crippen LogP contribution in [0.3, 0.4) is 0 Å². The first kappa shape index (κ1) is 23.9. The molecule has 1 aliphatic heterocycles. The molecule has 0 aromatic rings. The summed E-state index contributed by atoms with van der Waals surface area (Å²) in [6.07, 6.45) is 8.73. The van der Waals surface area contributed by atoms with Gasteiger partial charge in [0.05, 0.1) is 11.0 Å². The zero-order valence-corrected chi connectivity index (χ0v) is 19.5. The minimum atomic E-state index is -0.992. The third-order valence-electron chi connectivity index (χ3n) is 5.76. The molecule has 1 N–H and O–H groups in total. The van der Waals surface area contributed by atoms with Crippen LogP contribution in [-0.2, 0) is 14.3 Å². The van der Waals surface area contributed by atoms with Crippen LogP contribution in [0.15, 0.2) is 57.6 Å². The lowest BCUT2D eigenvalue weighted by atomic mass is 9.69. The number of ketones is 2. The van der Waals surface area contributed by atoms with E-state index in [-0.39, 0.29) is 35.4 Å². The van der Waals surface area contributed by atoms with E-state index in [4.69, 9.17) is 4.74 Å². The summed E-state index contributed by atoms with van der Waals surface area (Å²) in [4.78, 5) is 26.3. The first-order valence-corrected chi connectivity index (χ1v) is 10.8. The van der Waals surface area contributed by atoms with Gasteiger partial charge in [0.15, 0.2) is 11.6 Å². The van der Waals surface area contributed by atoms with E-state index < -0.39 is 5.41 Å². The van der Waals surface area contributed by atoms with E-state index in [9.17, 15) is 14.7 Å². The maximum atomic E-state index is 13.5. The van der Waals surface area contributed by atoms with E-state index in [1.165, 1.54) is 11.1 Å². The highest BCUT2D eigenvalue weighted by molar-refractivity contribution is 6.11. The molecule has 30 heavy (non-hydrogen) atoms. The van der Waals surface area contributed by atoms with Crippen LogP contribution in [0.25, 0.3) is 0 Å². The monoisotopic (exact) mass is 412 g/mol. The fourth-order valence-electron chi connectivity index (χ4n) is 3.88. The van der Waals surface area contributed by atoms with Crippen molar-refractivity contribution in [3.63, 3.8) is 0 Å². The molecule has 0 saturated heterocycles. The van der Waals surface area contributed by atoms with E-state index >= 15 is 0 Å². The van der Waals surface area contributed by atoms with Crippen LogP contribution in [-0.4, -0.2) is 22.8 Å². The van der Waals surface area contributed by atoms with Gasteiger partial charge in [-0.2, -0.15) is 0 Å². The van der Waals surface area contributed by atoms with Gasteiger partial charge in [-0.25, -0.2) is 0 Å². The molecule has 0 bridgehead atoms. The van der Waals surface area contributed by atoms with E-state index in [0.29, 0.717) is 24.2 Å². The Morgan fingerprint density at radius 2 is 1.73 bits per heavy atom. The fourth-order valence-corrected chi connectivity index (χ4v) is 3.88. The van der Waals surface area contributed by atoms with Crippen LogP contribution in [0.5, 0.6) is 0 Å². The van der Waals surface area contributed by atoms with Crippen LogP contribution < -0.4 is 0 Å². The Labute approximate surface area is 181 Å². The predicted octanol–water partition coefficient (Wildman–Crippen LogP) is 6.46. The fraction of sp³-hybridized carbons (Fsp3) is 0.538. The number of rotatable bonds is 7. The number of aliphatic hydroxyl groups is 1. The molecular weight excluding hydrogens is 376 g/mol. The van der Waals surface area contributed by atoms with Gasteiger partial charge in [-0.15, -0.1) is 0 Å². The Hall–Kier alpha value is -2.36. The normalized spacial score (nSPS) is 24.5. The molecule has 2 atom stereocenters. The second kappa shape index (κ2) is 9.63. The van der Waals surface area contributed by atoms with Crippen LogP contribution >= 0.6 is 0 Å². The molecule has 0 aromatic carbocycles. The molecule has 0 saturated carbocycles. The quantitative estimate of drug-likeness (QED) is 0.487. The molecule has 1 heterocycles. The largest absolute Gasteiger partial charge is 0.507 e. The van der Waals surface area contributed by atoms with Gasteiger partial charge in [-0.3, -0.25) is 9.59 Å². The summed E-state index contributed by atoms with van der Waals surface area (Å²) in [5.41, 5.74) is 3.05. The molecule has 0 radical (unpaired) electrons. The summed E-state index contributed by atoms with van der Waals surface area (Å²) in [6.45, 7) is 13.8. The first-order chi connectivity index (χ1) is 14.0. The molecule has 0 aromatic heterocycles. The zero-order chi connectivity index (χ0) is 22.6. The highest BCUT2D eigenvalue weighted by Crippen LogP contribution is 2.47. The summed E-state index contributed by atoms with van der Waals surface area (Å²) in [7, 11) is 0. The highest BCUT2D eigenvalue weighted by atomic mass is 16.5. The van der Waals surface area contributed by atoms with Crippen molar-refractivity contribution in [3.8, 4) is 0 Å². The Morgan fingerprint density at radius 3 is 2.33 bits per heavy atom. The van der Waals surface area contributed by atoms with Crippen molar-refractivity contribution in [2.75, 3.05) is 0 Å². The Balaban J connectivity index is 2.46.